The Morgan fingerprint density at radius 3 is 0.440 bits per heavy atom. The molecule has 0 radical (unpaired) electrons. The van der Waals surface area contributed by atoms with Gasteiger partial charge in [-0.1, -0.05) is 152 Å². The molecule has 8 bridgehead atoms. The second kappa shape index (κ2) is 32.4. The van der Waals surface area contributed by atoms with Gasteiger partial charge in [0.2, 0.25) is 0 Å². The van der Waals surface area contributed by atoms with Gasteiger partial charge >= 0.3 is 0 Å². The fourth-order valence-corrected chi connectivity index (χ4v) is 15.5. The van der Waals surface area contributed by atoms with Crippen molar-refractivity contribution in [1.29, 1.82) is 0 Å². The van der Waals surface area contributed by atoms with Crippen LogP contribution in [0.1, 0.15) is 151 Å². The van der Waals surface area contributed by atoms with Crippen LogP contribution in [0.4, 0.5) is 0 Å². The van der Waals surface area contributed by atoms with E-state index in [1.807, 2.05) is 47.0 Å². The fraction of sp³-hybridized carbons (Fsp3) is 0.444. The number of ether oxygens (including phenoxy) is 8. The van der Waals surface area contributed by atoms with Crippen LogP contribution in [0.15, 0.2) is 97.1 Å². The summed E-state index contributed by atoms with van der Waals surface area (Å²) in [7, 11) is 0. The quantitative estimate of drug-likeness (QED) is 0.0578. The average molecular weight is 1210 g/mol. The van der Waals surface area contributed by atoms with Gasteiger partial charge in [-0.05, 0) is 94.5 Å². The van der Waals surface area contributed by atoms with Gasteiger partial charge in [-0.25, -0.2) is 0 Å². The maximum Gasteiger partial charge on any atom is 0.166 e. The first-order chi connectivity index (χ1) is 41.5. The molecule has 0 spiro atoms. The lowest BCUT2D eigenvalue weighted by molar-refractivity contribution is 0.265. The Balaban J connectivity index is 1.27. The molecule has 12 heteroatoms. The largest absolute Gasteiger partial charge is 0.489 e. The van der Waals surface area contributed by atoms with Crippen molar-refractivity contribution in [1.82, 2.24) is 0 Å². The predicted octanol–water partition coefficient (Wildman–Crippen LogP) is 20.7. The van der Waals surface area contributed by atoms with E-state index >= 15 is 0 Å². The molecule has 2 aliphatic rings. The minimum atomic E-state index is 0.583. The van der Waals surface area contributed by atoms with Crippen LogP contribution in [0.5, 0.6) is 46.0 Å². The topological polar surface area (TPSA) is 73.8 Å². The van der Waals surface area contributed by atoms with Crippen LogP contribution in [0.25, 0.3) is 43.1 Å². The number of hydrogen-bond donors (Lipinski definition) is 0. The van der Waals surface area contributed by atoms with E-state index in [1.165, 1.54) is 43.1 Å². The van der Waals surface area contributed by atoms with Crippen molar-refractivity contribution < 1.29 is 37.9 Å². The summed E-state index contributed by atoms with van der Waals surface area (Å²) in [6.07, 6.45) is 7.01. The van der Waals surface area contributed by atoms with Crippen molar-refractivity contribution >= 4 is 90.1 Å². The molecule has 8 aromatic rings. The second-order valence-corrected chi connectivity index (χ2v) is 25.3. The van der Waals surface area contributed by atoms with E-state index in [0.29, 0.717) is 98.9 Å². The van der Waals surface area contributed by atoms with E-state index < -0.39 is 0 Å². The summed E-state index contributed by atoms with van der Waals surface area (Å²) in [6, 6.07) is 35.6. The Morgan fingerprint density at radius 2 is 0.333 bits per heavy atom. The van der Waals surface area contributed by atoms with Crippen LogP contribution in [0.3, 0.4) is 0 Å². The van der Waals surface area contributed by atoms with Gasteiger partial charge in [0.1, 0.15) is 0 Å². The summed E-state index contributed by atoms with van der Waals surface area (Å²) in [5.41, 5.74) is 9.27. The van der Waals surface area contributed by atoms with E-state index in [2.05, 4.69) is 152 Å². The van der Waals surface area contributed by atoms with Gasteiger partial charge in [-0.3, -0.25) is 0 Å². The zero-order chi connectivity index (χ0) is 58.6. The van der Waals surface area contributed by atoms with Gasteiger partial charge < -0.3 is 37.9 Å². The molecule has 2 heterocycles. The van der Waals surface area contributed by atoms with Crippen molar-refractivity contribution in [2.75, 3.05) is 52.9 Å². The zero-order valence-corrected chi connectivity index (χ0v) is 54.4. The molecule has 8 aromatic carbocycles. The Morgan fingerprint density at radius 1 is 0.214 bits per heavy atom. The summed E-state index contributed by atoms with van der Waals surface area (Å²) in [6.45, 7) is 22.1. The molecular formula is C72H88O8S4. The van der Waals surface area contributed by atoms with Crippen LogP contribution in [0, 0.1) is 0 Å². The highest BCUT2D eigenvalue weighted by Crippen LogP contribution is 2.52. The summed E-state index contributed by atoms with van der Waals surface area (Å²) >= 11 is 7.59. The molecule has 84 heavy (non-hydrogen) atoms. The lowest BCUT2D eigenvalue weighted by atomic mass is 9.98. The van der Waals surface area contributed by atoms with Crippen molar-refractivity contribution in [2.45, 2.75) is 153 Å². The molecule has 448 valence electrons. The Labute approximate surface area is 517 Å². The monoisotopic (exact) mass is 1210 g/mol. The lowest BCUT2D eigenvalue weighted by Gasteiger charge is -2.25. The van der Waals surface area contributed by atoms with Crippen molar-refractivity contribution in [3.63, 3.8) is 0 Å². The van der Waals surface area contributed by atoms with Crippen LogP contribution in [0.2, 0.25) is 0 Å². The minimum absolute atomic E-state index is 0.583. The first-order valence-corrected chi connectivity index (χ1v) is 35.7. The highest BCUT2D eigenvalue weighted by molar-refractivity contribution is 7.98. The standard InChI is InChI=1S/C72H88O8S4/c1-9-33-73-65-57-41-81-43-59-51-27-19-20-28-52(51)61(69(77-37-13-5)67(59)75-35-11-3)45-83-47-63-55-31-23-24-32-56(55)64(72(80-40-16-8)71(63)79-39-15-7)48-84-46-62-54-30-22-21-29-53(54)60(68(76-36-12-4)70(62)78-38-14-6)44-82-42-58(66(65)74-34-10-2)50-26-18-17-25-49(50)57/h17-32H,9-16,33-48H2,1-8H3. The maximum absolute atomic E-state index is 6.97. The number of rotatable bonds is 24. The summed E-state index contributed by atoms with van der Waals surface area (Å²) in [5.74, 6) is 12.5. The average Bonchev–Trinajstić information content (AvgIpc) is 3.52. The molecule has 0 saturated heterocycles. The summed E-state index contributed by atoms with van der Waals surface area (Å²) < 4.78 is 55.7. The molecular weight excluding hydrogens is 1120 g/mol. The SMILES string of the molecule is CCCOc1c(OCCC)c2c3ccccc3c1CSCc1c(OCCC)c(OCCC)c(c3ccccc13)CSCc1c(OCCC)c(OCCC)c(c3ccccc13)CSCc1c(OCCC)c(OCCC)c(c3ccccc13)CSC2. The first kappa shape index (κ1) is 63.1. The molecule has 0 saturated carbocycles. The highest BCUT2D eigenvalue weighted by atomic mass is 32.2. The number of thioether (sulfide) groups is 4. The van der Waals surface area contributed by atoms with Crippen LogP contribution < -0.4 is 37.9 Å². The molecule has 0 amide bonds. The Kier molecular flexibility index (Phi) is 24.3. The van der Waals surface area contributed by atoms with Crippen LogP contribution >= 0.6 is 47.0 Å². The highest BCUT2D eigenvalue weighted by Gasteiger charge is 2.29. The third-order valence-corrected chi connectivity index (χ3v) is 18.8. The molecule has 0 aliphatic carbocycles. The van der Waals surface area contributed by atoms with Crippen LogP contribution in [-0.4, -0.2) is 52.9 Å². The van der Waals surface area contributed by atoms with Gasteiger partial charge in [0, 0.05) is 90.5 Å². The number of hydrogen-bond acceptors (Lipinski definition) is 12. The van der Waals surface area contributed by atoms with Gasteiger partial charge in [0.05, 0.1) is 52.9 Å². The third kappa shape index (κ3) is 14.4. The number of benzene rings is 8. The van der Waals surface area contributed by atoms with E-state index in [0.717, 1.165) is 142 Å². The van der Waals surface area contributed by atoms with Crippen molar-refractivity contribution in [3.05, 3.63) is 142 Å². The fourth-order valence-electron chi connectivity index (χ4n) is 11.1. The molecule has 0 fully saturated rings. The first-order valence-electron chi connectivity index (χ1n) is 31.0. The van der Waals surface area contributed by atoms with Gasteiger partial charge in [0.15, 0.2) is 46.0 Å². The Bertz CT molecular complexity index is 2780. The smallest absolute Gasteiger partial charge is 0.166 e. The summed E-state index contributed by atoms with van der Waals surface area (Å²) in [4.78, 5) is 0. The molecule has 0 unspecified atom stereocenters. The third-order valence-electron chi connectivity index (χ3n) is 14.9. The van der Waals surface area contributed by atoms with E-state index in [4.69, 9.17) is 37.9 Å². The van der Waals surface area contributed by atoms with Gasteiger partial charge in [-0.2, -0.15) is 47.0 Å². The normalized spacial score (nSPS) is 13.4. The second-order valence-electron chi connectivity index (χ2n) is 21.4. The van der Waals surface area contributed by atoms with Crippen molar-refractivity contribution in [2.24, 2.45) is 0 Å². The maximum atomic E-state index is 6.97. The number of fused-ring (bicyclic) bond motifs is 12. The minimum Gasteiger partial charge on any atom is -0.489 e. The van der Waals surface area contributed by atoms with Crippen LogP contribution in [-0.2, 0) is 46.0 Å². The molecule has 2 aliphatic heterocycles. The molecule has 0 N–H and O–H groups in total. The van der Waals surface area contributed by atoms with E-state index in [1.54, 1.807) is 0 Å². The zero-order valence-electron chi connectivity index (χ0n) is 51.1. The Hall–Kier alpha value is -5.40. The van der Waals surface area contributed by atoms with E-state index in [-0.39, 0.29) is 0 Å². The van der Waals surface area contributed by atoms with Gasteiger partial charge in [0.25, 0.3) is 0 Å². The predicted molar refractivity (Wildman–Crippen MR) is 362 cm³/mol. The molecule has 0 atom stereocenters. The molecule has 8 nitrogen and oxygen atoms in total. The molecule has 0 aromatic heterocycles. The molecule has 10 rings (SSSR count). The van der Waals surface area contributed by atoms with E-state index in [9.17, 15) is 0 Å². The summed E-state index contributed by atoms with van der Waals surface area (Å²) in [5, 5.41) is 9.55. The lowest BCUT2D eigenvalue weighted by Crippen LogP contribution is -2.09. The van der Waals surface area contributed by atoms with Crippen molar-refractivity contribution in [3.8, 4) is 46.0 Å². The van der Waals surface area contributed by atoms with Gasteiger partial charge in [-0.15, -0.1) is 0 Å².